The summed E-state index contributed by atoms with van der Waals surface area (Å²) in [5.41, 5.74) is -6.60. The fourth-order valence-corrected chi connectivity index (χ4v) is 8.17. The van der Waals surface area contributed by atoms with Gasteiger partial charge in [0, 0.05) is 5.92 Å². The molecule has 36 heavy (non-hydrogen) atoms. The first-order valence-electron chi connectivity index (χ1n) is 12.8. The van der Waals surface area contributed by atoms with Crippen LogP contribution in [0.4, 0.5) is 0 Å². The van der Waals surface area contributed by atoms with Gasteiger partial charge in [-0.15, -0.1) is 0 Å². The van der Waals surface area contributed by atoms with Gasteiger partial charge in [0.15, 0.2) is 5.78 Å². The van der Waals surface area contributed by atoms with Gasteiger partial charge in [0.25, 0.3) is 0 Å². The molecule has 0 bridgehead atoms. The lowest BCUT2D eigenvalue weighted by atomic mass is 9.42. The molecule has 4 aliphatic carbocycles. The molecule has 3 saturated carbocycles. The minimum absolute atomic E-state index is 0.00806. The van der Waals surface area contributed by atoms with Crippen LogP contribution in [-0.2, 0) is 9.53 Å². The minimum Gasteiger partial charge on any atom is -0.508 e. The van der Waals surface area contributed by atoms with Crippen LogP contribution in [0, 0.1) is 16.7 Å². The summed E-state index contributed by atoms with van der Waals surface area (Å²) in [6.45, 7) is 4.84. The number of rotatable bonds is 3. The van der Waals surface area contributed by atoms with Crippen LogP contribution in [0.2, 0.25) is 0 Å². The summed E-state index contributed by atoms with van der Waals surface area (Å²) >= 11 is 0. The number of aliphatic hydroxyl groups is 4. The van der Waals surface area contributed by atoms with Gasteiger partial charge in [-0.3, -0.25) is 4.79 Å². The molecule has 0 radical (unpaired) electrons. The lowest BCUT2D eigenvalue weighted by Crippen LogP contribution is -2.78. The molecule has 4 aliphatic rings. The molecular formula is C28H36O8. The number of aromatic hydroxyl groups is 1. The van der Waals surface area contributed by atoms with E-state index in [9.17, 15) is 35.1 Å². The third-order valence-electron chi connectivity index (χ3n) is 10.5. The third kappa shape index (κ3) is 3.01. The highest BCUT2D eigenvalue weighted by molar-refractivity contribution is 5.90. The molecule has 0 aromatic heterocycles. The van der Waals surface area contributed by atoms with Crippen molar-refractivity contribution in [2.45, 2.75) is 94.7 Å². The number of fused-ring (bicyclic) bond motifs is 5. The van der Waals surface area contributed by atoms with Gasteiger partial charge < -0.3 is 30.3 Å². The molecule has 0 heterocycles. The molecule has 5 N–H and O–H groups in total. The Morgan fingerprint density at radius 2 is 1.69 bits per heavy atom. The fourth-order valence-electron chi connectivity index (χ4n) is 8.17. The predicted octanol–water partition coefficient (Wildman–Crippen LogP) is 2.40. The van der Waals surface area contributed by atoms with Gasteiger partial charge in [0.2, 0.25) is 0 Å². The average Bonchev–Trinajstić information content (AvgIpc) is 3.06. The Labute approximate surface area is 210 Å². The maximum atomic E-state index is 13.2. The number of phenols is 1. The van der Waals surface area contributed by atoms with E-state index in [0.717, 1.165) is 5.57 Å². The summed E-state index contributed by atoms with van der Waals surface area (Å²) in [7, 11) is 0. The predicted molar refractivity (Wildman–Crippen MR) is 129 cm³/mol. The van der Waals surface area contributed by atoms with E-state index in [1.165, 1.54) is 31.2 Å². The topological polar surface area (TPSA) is 145 Å². The van der Waals surface area contributed by atoms with E-state index in [4.69, 9.17) is 4.74 Å². The first-order chi connectivity index (χ1) is 16.7. The van der Waals surface area contributed by atoms with E-state index >= 15 is 0 Å². The lowest BCUT2D eigenvalue weighted by Gasteiger charge is -2.67. The third-order valence-corrected chi connectivity index (χ3v) is 10.5. The van der Waals surface area contributed by atoms with Crippen LogP contribution in [0.15, 0.2) is 35.9 Å². The molecule has 0 amide bonds. The van der Waals surface area contributed by atoms with Crippen LogP contribution in [0.5, 0.6) is 5.75 Å². The Hall–Kier alpha value is -2.26. The number of ketones is 1. The molecule has 0 spiro atoms. The van der Waals surface area contributed by atoms with Crippen LogP contribution >= 0.6 is 0 Å². The number of hydrogen-bond donors (Lipinski definition) is 5. The van der Waals surface area contributed by atoms with Crippen molar-refractivity contribution < 1.29 is 39.9 Å². The first-order valence-corrected chi connectivity index (χ1v) is 12.8. The minimum atomic E-state index is -2.00. The van der Waals surface area contributed by atoms with Gasteiger partial charge in [-0.2, -0.15) is 0 Å². The monoisotopic (exact) mass is 500 g/mol. The van der Waals surface area contributed by atoms with Crippen LogP contribution < -0.4 is 0 Å². The van der Waals surface area contributed by atoms with Crippen molar-refractivity contribution >= 4 is 11.8 Å². The second-order valence-electron chi connectivity index (χ2n) is 11.9. The zero-order valence-corrected chi connectivity index (χ0v) is 21.0. The second kappa shape index (κ2) is 7.87. The molecule has 5 rings (SSSR count). The number of benzene rings is 1. The molecule has 1 aromatic carbocycles. The summed E-state index contributed by atoms with van der Waals surface area (Å²) < 4.78 is 6.01. The normalized spacial score (nSPS) is 45.6. The Bertz CT molecular complexity index is 1130. The SMILES string of the molecule is CC(=O)[C@@]1(O)CC[C@@]2(O)[C@]1(C)[C@@H](OC(=O)c1ccc(O)cc1)C[C@@H]1[C@]3(C)CC[C@H](O)CC3=CC[C@]12O. The van der Waals surface area contributed by atoms with Crippen LogP contribution in [-0.4, -0.2) is 66.3 Å². The highest BCUT2D eigenvalue weighted by Gasteiger charge is 2.81. The summed E-state index contributed by atoms with van der Waals surface area (Å²) in [6, 6.07) is 5.57. The van der Waals surface area contributed by atoms with Crippen molar-refractivity contribution in [3.8, 4) is 5.75 Å². The zero-order chi connectivity index (χ0) is 26.3. The van der Waals surface area contributed by atoms with Gasteiger partial charge in [-0.25, -0.2) is 4.79 Å². The molecule has 8 heteroatoms. The van der Waals surface area contributed by atoms with Crippen molar-refractivity contribution in [2.24, 2.45) is 16.7 Å². The number of Topliss-reactive ketones (excluding diaryl/α,β-unsaturated/α-hetero) is 1. The Morgan fingerprint density at radius 1 is 1.03 bits per heavy atom. The number of carbonyl (C=O) groups excluding carboxylic acids is 2. The average molecular weight is 501 g/mol. The number of carbonyl (C=O) groups is 2. The smallest absolute Gasteiger partial charge is 0.338 e. The summed E-state index contributed by atoms with van der Waals surface area (Å²) in [6.07, 6.45) is 2.15. The van der Waals surface area contributed by atoms with Crippen molar-refractivity contribution in [3.63, 3.8) is 0 Å². The van der Waals surface area contributed by atoms with Crippen molar-refractivity contribution in [2.75, 3.05) is 0 Å². The largest absolute Gasteiger partial charge is 0.508 e. The summed E-state index contributed by atoms with van der Waals surface area (Å²) in [4.78, 5) is 26.1. The maximum absolute atomic E-state index is 13.2. The first kappa shape index (κ1) is 25.4. The second-order valence-corrected chi connectivity index (χ2v) is 11.9. The number of ether oxygens (including phenoxy) is 1. The van der Waals surface area contributed by atoms with Gasteiger partial charge in [0.1, 0.15) is 28.7 Å². The van der Waals surface area contributed by atoms with E-state index in [2.05, 4.69) is 0 Å². The fraction of sp³-hybridized carbons (Fsp3) is 0.643. The van der Waals surface area contributed by atoms with E-state index in [0.29, 0.717) is 19.3 Å². The standard InChI is InChI=1S/C28H36O8/c1-16(29)26(33)12-13-28(35)25(26,3)22(36-23(32)17-4-6-19(30)7-5-17)15-21-24(2)10-9-20(31)14-18(24)8-11-27(21,28)34/h4-8,20-22,30-31,33-35H,9-15H2,1-3H3/t20-,21+,22-,24+,25+,26-,27-,28+/m0/s1. The molecule has 196 valence electrons. The molecule has 0 unspecified atom stereocenters. The molecule has 8 atom stereocenters. The Kier molecular flexibility index (Phi) is 5.55. The molecular weight excluding hydrogens is 464 g/mol. The number of aliphatic hydroxyl groups excluding tert-OH is 1. The Morgan fingerprint density at radius 3 is 2.33 bits per heavy atom. The number of esters is 1. The van der Waals surface area contributed by atoms with Crippen LogP contribution in [0.3, 0.4) is 0 Å². The van der Waals surface area contributed by atoms with Crippen molar-refractivity contribution in [1.82, 2.24) is 0 Å². The van der Waals surface area contributed by atoms with Crippen molar-refractivity contribution in [3.05, 3.63) is 41.5 Å². The molecule has 8 nitrogen and oxygen atoms in total. The van der Waals surface area contributed by atoms with Crippen LogP contribution in [0.1, 0.15) is 76.1 Å². The quantitative estimate of drug-likeness (QED) is 0.314. The number of hydrogen-bond acceptors (Lipinski definition) is 8. The molecule has 0 aliphatic heterocycles. The highest BCUT2D eigenvalue weighted by Crippen LogP contribution is 2.70. The van der Waals surface area contributed by atoms with Gasteiger partial charge in [-0.05, 0) is 88.5 Å². The zero-order valence-electron chi connectivity index (χ0n) is 21.0. The van der Waals surface area contributed by atoms with E-state index < -0.39 is 57.5 Å². The lowest BCUT2D eigenvalue weighted by molar-refractivity contribution is -0.312. The number of phenolic OH excluding ortho intramolecular Hbond substituents is 1. The summed E-state index contributed by atoms with van der Waals surface area (Å²) in [5, 5.41) is 56.3. The van der Waals surface area contributed by atoms with E-state index in [1.807, 2.05) is 13.0 Å². The molecule has 0 saturated heterocycles. The van der Waals surface area contributed by atoms with Gasteiger partial charge in [0.05, 0.1) is 17.1 Å². The van der Waals surface area contributed by atoms with Crippen LogP contribution in [0.25, 0.3) is 0 Å². The highest BCUT2D eigenvalue weighted by atomic mass is 16.5. The van der Waals surface area contributed by atoms with Gasteiger partial charge >= 0.3 is 5.97 Å². The molecule has 3 fully saturated rings. The van der Waals surface area contributed by atoms with E-state index in [1.54, 1.807) is 6.92 Å². The van der Waals surface area contributed by atoms with E-state index in [-0.39, 0.29) is 37.0 Å². The van der Waals surface area contributed by atoms with Gasteiger partial charge in [-0.1, -0.05) is 18.6 Å². The van der Waals surface area contributed by atoms with Crippen molar-refractivity contribution in [1.29, 1.82) is 0 Å². The maximum Gasteiger partial charge on any atom is 0.338 e. The molecule has 1 aromatic rings. The Balaban J connectivity index is 1.64. The summed E-state index contributed by atoms with van der Waals surface area (Å²) in [5.74, 6) is -1.79.